The van der Waals surface area contributed by atoms with Gasteiger partial charge in [0.05, 0.1) is 16.4 Å². The van der Waals surface area contributed by atoms with E-state index in [1.165, 1.54) is 0 Å². The van der Waals surface area contributed by atoms with Crippen LogP contribution in [0.1, 0.15) is 26.3 Å². The Morgan fingerprint density at radius 1 is 1.03 bits per heavy atom. The van der Waals surface area contributed by atoms with E-state index >= 15 is 0 Å². The predicted octanol–water partition coefficient (Wildman–Crippen LogP) is 7.15. The summed E-state index contributed by atoms with van der Waals surface area (Å²) >= 11 is 18.5. The van der Waals surface area contributed by atoms with E-state index in [0.29, 0.717) is 26.6 Å². The zero-order valence-electron chi connectivity index (χ0n) is 16.4. The first kappa shape index (κ1) is 21.5. The predicted molar refractivity (Wildman–Crippen MR) is 119 cm³/mol. The van der Waals surface area contributed by atoms with Gasteiger partial charge in [0, 0.05) is 21.2 Å². The van der Waals surface area contributed by atoms with Gasteiger partial charge in [-0.05, 0) is 58.0 Å². The van der Waals surface area contributed by atoms with E-state index in [0.717, 1.165) is 16.8 Å². The van der Waals surface area contributed by atoms with Crippen molar-refractivity contribution in [1.82, 2.24) is 9.78 Å². The second kappa shape index (κ2) is 8.27. The zero-order chi connectivity index (χ0) is 21.3. The summed E-state index contributed by atoms with van der Waals surface area (Å²) in [5.74, 6) is 0.371. The molecule has 0 aliphatic carbocycles. The topological polar surface area (TPSA) is 56.1 Å². The highest BCUT2D eigenvalue weighted by molar-refractivity contribution is 6.35. The van der Waals surface area contributed by atoms with Crippen LogP contribution in [0, 0.1) is 6.92 Å². The monoisotopic (exact) mass is 451 g/mol. The molecule has 0 spiro atoms. The second-order valence-corrected chi connectivity index (χ2v) is 8.74. The van der Waals surface area contributed by atoms with Gasteiger partial charge in [-0.1, -0.05) is 46.9 Å². The van der Waals surface area contributed by atoms with E-state index in [4.69, 9.17) is 39.5 Å². The van der Waals surface area contributed by atoms with Crippen LogP contribution < -0.4 is 5.32 Å². The molecule has 3 rings (SSSR count). The summed E-state index contributed by atoms with van der Waals surface area (Å²) in [7, 11) is 0. The Labute approximate surface area is 184 Å². The summed E-state index contributed by atoms with van der Waals surface area (Å²) in [6.07, 6.45) is -0.588. The fourth-order valence-electron chi connectivity index (χ4n) is 2.79. The number of hydrogen-bond acceptors (Lipinski definition) is 3. The smallest absolute Gasteiger partial charge is 0.413 e. The van der Waals surface area contributed by atoms with Crippen molar-refractivity contribution in [2.75, 3.05) is 5.32 Å². The molecule has 1 aromatic heterocycles. The van der Waals surface area contributed by atoms with Crippen LogP contribution in [0.15, 0.2) is 42.5 Å². The maximum Gasteiger partial charge on any atom is 0.413 e. The van der Waals surface area contributed by atoms with Crippen molar-refractivity contribution in [2.24, 2.45) is 0 Å². The summed E-state index contributed by atoms with van der Waals surface area (Å²) in [4.78, 5) is 12.3. The Morgan fingerprint density at radius 3 is 2.24 bits per heavy atom. The number of ether oxygens (including phenoxy) is 1. The van der Waals surface area contributed by atoms with E-state index in [2.05, 4.69) is 10.4 Å². The number of amides is 1. The van der Waals surface area contributed by atoms with Crippen LogP contribution >= 0.6 is 34.8 Å². The molecule has 2 aromatic carbocycles. The molecule has 8 heteroatoms. The highest BCUT2D eigenvalue weighted by atomic mass is 35.5. The number of nitrogens with one attached hydrogen (secondary N) is 1. The average molecular weight is 453 g/mol. The minimum absolute atomic E-state index is 0.371. The molecule has 0 aliphatic rings. The van der Waals surface area contributed by atoms with Crippen LogP contribution in [0.25, 0.3) is 16.9 Å². The molecular weight excluding hydrogens is 433 g/mol. The third-order valence-electron chi connectivity index (χ3n) is 4.00. The number of benzene rings is 2. The number of carbonyl (C=O) groups is 1. The van der Waals surface area contributed by atoms with Crippen LogP contribution in [0.3, 0.4) is 0 Å². The summed E-state index contributed by atoms with van der Waals surface area (Å²) in [5.41, 5.74) is 2.38. The number of rotatable bonds is 3. The Hall–Kier alpha value is -2.21. The molecule has 29 heavy (non-hydrogen) atoms. The first-order valence-corrected chi connectivity index (χ1v) is 9.99. The van der Waals surface area contributed by atoms with E-state index in [9.17, 15) is 4.79 Å². The van der Waals surface area contributed by atoms with Gasteiger partial charge in [-0.25, -0.2) is 9.48 Å². The van der Waals surface area contributed by atoms with Crippen molar-refractivity contribution in [3.63, 3.8) is 0 Å². The van der Waals surface area contributed by atoms with Crippen LogP contribution in [0.4, 0.5) is 10.6 Å². The summed E-state index contributed by atoms with van der Waals surface area (Å²) in [6.45, 7) is 7.25. The van der Waals surface area contributed by atoms with Crippen molar-refractivity contribution in [3.05, 3.63) is 63.1 Å². The van der Waals surface area contributed by atoms with Crippen LogP contribution in [-0.2, 0) is 4.74 Å². The van der Waals surface area contributed by atoms with Gasteiger partial charge in [-0.3, -0.25) is 5.32 Å². The second-order valence-electron chi connectivity index (χ2n) is 7.46. The highest BCUT2D eigenvalue weighted by Gasteiger charge is 2.23. The molecule has 1 amide bonds. The van der Waals surface area contributed by atoms with Gasteiger partial charge in [-0.2, -0.15) is 0 Å². The number of hydrogen-bond donors (Lipinski definition) is 1. The number of nitrogens with zero attached hydrogens (tertiary/aromatic N) is 2. The summed E-state index contributed by atoms with van der Waals surface area (Å²) in [5, 5.41) is 8.87. The molecule has 5 nitrogen and oxygen atoms in total. The standard InChI is InChI=1S/C21H20Cl3N3O2/c1-12-18(13-5-7-14(22)8-6-13)27(17-10-9-15(23)11-16(17)24)26-19(12)25-20(28)29-21(2,3)4/h5-11H,1-4H3,(H,25,26,28). The van der Waals surface area contributed by atoms with Crippen LogP contribution in [0.2, 0.25) is 15.1 Å². The van der Waals surface area contributed by atoms with Crippen molar-refractivity contribution < 1.29 is 9.53 Å². The largest absolute Gasteiger partial charge is 0.444 e. The lowest BCUT2D eigenvalue weighted by molar-refractivity contribution is 0.0635. The van der Waals surface area contributed by atoms with Crippen molar-refractivity contribution in [1.29, 1.82) is 0 Å². The van der Waals surface area contributed by atoms with E-state index in [1.54, 1.807) is 55.8 Å². The molecule has 0 saturated heterocycles. The lowest BCUT2D eigenvalue weighted by Crippen LogP contribution is -2.27. The van der Waals surface area contributed by atoms with Gasteiger partial charge in [0.1, 0.15) is 5.60 Å². The van der Waals surface area contributed by atoms with Gasteiger partial charge in [0.2, 0.25) is 0 Å². The lowest BCUT2D eigenvalue weighted by atomic mass is 10.1. The number of halogens is 3. The van der Waals surface area contributed by atoms with Gasteiger partial charge in [-0.15, -0.1) is 5.10 Å². The van der Waals surface area contributed by atoms with E-state index in [-0.39, 0.29) is 0 Å². The molecule has 0 unspecified atom stereocenters. The number of anilines is 1. The Morgan fingerprint density at radius 2 is 1.66 bits per heavy atom. The van der Waals surface area contributed by atoms with Gasteiger partial charge in [0.15, 0.2) is 5.82 Å². The fraction of sp³-hybridized carbons (Fsp3) is 0.238. The molecule has 3 aromatic rings. The molecule has 0 fully saturated rings. The first-order chi connectivity index (χ1) is 13.5. The third kappa shape index (κ3) is 5.04. The van der Waals surface area contributed by atoms with E-state index < -0.39 is 11.7 Å². The fourth-order valence-corrected chi connectivity index (χ4v) is 3.40. The minimum Gasteiger partial charge on any atom is -0.444 e. The number of carbonyl (C=O) groups excluding carboxylic acids is 1. The molecule has 152 valence electrons. The van der Waals surface area contributed by atoms with Gasteiger partial charge in [0.25, 0.3) is 0 Å². The lowest BCUT2D eigenvalue weighted by Gasteiger charge is -2.19. The zero-order valence-corrected chi connectivity index (χ0v) is 18.7. The SMILES string of the molecule is Cc1c(NC(=O)OC(C)(C)C)nn(-c2ccc(Cl)cc2Cl)c1-c1ccc(Cl)cc1. The molecule has 1 heterocycles. The summed E-state index contributed by atoms with van der Waals surface area (Å²) < 4.78 is 7.02. The Balaban J connectivity index is 2.13. The highest BCUT2D eigenvalue weighted by Crippen LogP contribution is 2.35. The molecule has 1 N–H and O–H groups in total. The molecule has 0 bridgehead atoms. The third-order valence-corrected chi connectivity index (χ3v) is 4.79. The van der Waals surface area contributed by atoms with Crippen molar-refractivity contribution in [3.8, 4) is 16.9 Å². The van der Waals surface area contributed by atoms with E-state index in [1.807, 2.05) is 19.1 Å². The Bertz CT molecular complexity index is 1050. The van der Waals surface area contributed by atoms with Crippen LogP contribution in [-0.4, -0.2) is 21.5 Å². The van der Waals surface area contributed by atoms with Crippen molar-refractivity contribution >= 4 is 46.7 Å². The Kier molecular flexibility index (Phi) is 6.13. The maximum atomic E-state index is 12.3. The molecule has 0 radical (unpaired) electrons. The average Bonchev–Trinajstić information content (AvgIpc) is 2.90. The molecule has 0 aliphatic heterocycles. The molecular formula is C21H20Cl3N3O2. The maximum absolute atomic E-state index is 12.3. The van der Waals surface area contributed by atoms with Gasteiger partial charge < -0.3 is 4.74 Å². The first-order valence-electron chi connectivity index (χ1n) is 8.86. The minimum atomic E-state index is -0.626. The molecule has 0 saturated carbocycles. The van der Waals surface area contributed by atoms with Gasteiger partial charge >= 0.3 is 6.09 Å². The summed E-state index contributed by atoms with van der Waals surface area (Å²) in [6, 6.07) is 12.5. The number of aromatic nitrogens is 2. The molecule has 0 atom stereocenters. The normalized spacial score (nSPS) is 11.4. The van der Waals surface area contributed by atoms with Crippen LogP contribution in [0.5, 0.6) is 0 Å². The quantitative estimate of drug-likeness (QED) is 0.459. The van der Waals surface area contributed by atoms with Crippen molar-refractivity contribution in [2.45, 2.75) is 33.3 Å².